The van der Waals surface area contributed by atoms with Crippen LogP contribution in [0.1, 0.15) is 12.5 Å². The minimum atomic E-state index is 0.645. The van der Waals surface area contributed by atoms with E-state index >= 15 is 0 Å². The SMILES string of the molecule is C=C/C(=C\C)c1cccc(N)c1OC. The van der Waals surface area contributed by atoms with Crippen LogP contribution in [0.5, 0.6) is 5.75 Å². The van der Waals surface area contributed by atoms with Crippen LogP contribution in [0.2, 0.25) is 0 Å². The summed E-state index contributed by atoms with van der Waals surface area (Å²) in [5.74, 6) is 0.709. The minimum absolute atomic E-state index is 0.645. The van der Waals surface area contributed by atoms with E-state index in [0.717, 1.165) is 11.1 Å². The number of ether oxygens (including phenoxy) is 1. The number of nitrogen functional groups attached to an aromatic ring is 1. The molecule has 2 nitrogen and oxygen atoms in total. The van der Waals surface area contributed by atoms with E-state index < -0.39 is 0 Å². The average molecular weight is 189 g/mol. The summed E-state index contributed by atoms with van der Waals surface area (Å²) < 4.78 is 5.25. The molecular weight excluding hydrogens is 174 g/mol. The molecule has 0 aromatic heterocycles. The largest absolute Gasteiger partial charge is 0.494 e. The molecule has 74 valence electrons. The van der Waals surface area contributed by atoms with E-state index in [4.69, 9.17) is 10.5 Å². The van der Waals surface area contributed by atoms with Gasteiger partial charge in [0.2, 0.25) is 0 Å². The molecule has 1 aromatic carbocycles. The van der Waals surface area contributed by atoms with Gasteiger partial charge in [-0.1, -0.05) is 30.9 Å². The summed E-state index contributed by atoms with van der Waals surface area (Å²) in [5.41, 5.74) is 8.44. The van der Waals surface area contributed by atoms with E-state index in [-0.39, 0.29) is 0 Å². The third-order valence-electron chi connectivity index (χ3n) is 2.09. The zero-order valence-electron chi connectivity index (χ0n) is 8.58. The van der Waals surface area contributed by atoms with Gasteiger partial charge in [0, 0.05) is 5.56 Å². The highest BCUT2D eigenvalue weighted by atomic mass is 16.5. The van der Waals surface area contributed by atoms with Crippen LogP contribution in [0.4, 0.5) is 5.69 Å². The topological polar surface area (TPSA) is 35.2 Å². The molecule has 0 aliphatic heterocycles. The number of hydrogen-bond acceptors (Lipinski definition) is 2. The van der Waals surface area contributed by atoms with Gasteiger partial charge in [0.05, 0.1) is 12.8 Å². The molecule has 2 N–H and O–H groups in total. The van der Waals surface area contributed by atoms with Crippen LogP contribution in [-0.2, 0) is 0 Å². The van der Waals surface area contributed by atoms with Crippen LogP contribution in [-0.4, -0.2) is 7.11 Å². The average Bonchev–Trinajstić information content (AvgIpc) is 2.20. The Kier molecular flexibility index (Phi) is 3.35. The summed E-state index contributed by atoms with van der Waals surface area (Å²) in [6.45, 7) is 5.71. The Hall–Kier alpha value is -1.70. The maximum absolute atomic E-state index is 5.79. The predicted octanol–water partition coefficient (Wildman–Crippen LogP) is 2.87. The first kappa shape index (κ1) is 10.4. The number of nitrogens with two attached hydrogens (primary N) is 1. The van der Waals surface area contributed by atoms with Gasteiger partial charge in [-0.15, -0.1) is 0 Å². The molecule has 0 bridgehead atoms. The number of methoxy groups -OCH3 is 1. The van der Waals surface area contributed by atoms with E-state index in [0.29, 0.717) is 11.4 Å². The van der Waals surface area contributed by atoms with Crippen LogP contribution in [0.25, 0.3) is 5.57 Å². The Morgan fingerprint density at radius 1 is 1.50 bits per heavy atom. The number of benzene rings is 1. The van der Waals surface area contributed by atoms with Crippen molar-refractivity contribution in [3.05, 3.63) is 42.5 Å². The lowest BCUT2D eigenvalue weighted by Gasteiger charge is -2.11. The Balaban J connectivity index is 3.33. The highest BCUT2D eigenvalue weighted by Crippen LogP contribution is 2.31. The summed E-state index contributed by atoms with van der Waals surface area (Å²) in [7, 11) is 1.62. The lowest BCUT2D eigenvalue weighted by Crippen LogP contribution is -1.96. The smallest absolute Gasteiger partial charge is 0.149 e. The molecule has 0 fully saturated rings. The van der Waals surface area contributed by atoms with Crippen molar-refractivity contribution in [2.75, 3.05) is 12.8 Å². The van der Waals surface area contributed by atoms with Crippen LogP contribution in [0, 0.1) is 0 Å². The fraction of sp³-hybridized carbons (Fsp3) is 0.167. The lowest BCUT2D eigenvalue weighted by atomic mass is 10.0. The van der Waals surface area contributed by atoms with Gasteiger partial charge >= 0.3 is 0 Å². The highest BCUT2D eigenvalue weighted by Gasteiger charge is 2.07. The molecule has 0 spiro atoms. The van der Waals surface area contributed by atoms with Crippen LogP contribution in [0.3, 0.4) is 0 Å². The van der Waals surface area contributed by atoms with Gasteiger partial charge in [-0.25, -0.2) is 0 Å². The van der Waals surface area contributed by atoms with E-state index in [2.05, 4.69) is 6.58 Å². The van der Waals surface area contributed by atoms with Crippen molar-refractivity contribution in [2.45, 2.75) is 6.92 Å². The third kappa shape index (κ3) is 1.79. The highest BCUT2D eigenvalue weighted by molar-refractivity contribution is 5.80. The fourth-order valence-corrected chi connectivity index (χ4v) is 1.39. The molecule has 0 atom stereocenters. The molecule has 0 saturated heterocycles. The number of allylic oxidation sites excluding steroid dienone is 3. The number of hydrogen-bond donors (Lipinski definition) is 1. The first-order valence-electron chi connectivity index (χ1n) is 4.46. The van der Waals surface area contributed by atoms with E-state index in [1.165, 1.54) is 0 Å². The molecule has 1 rings (SSSR count). The van der Waals surface area contributed by atoms with Crippen molar-refractivity contribution in [3.63, 3.8) is 0 Å². The molecular formula is C12H15NO. The van der Waals surface area contributed by atoms with Gasteiger partial charge < -0.3 is 10.5 Å². The quantitative estimate of drug-likeness (QED) is 0.586. The second kappa shape index (κ2) is 4.51. The van der Waals surface area contributed by atoms with Gasteiger partial charge in [-0.05, 0) is 18.6 Å². The monoisotopic (exact) mass is 189 g/mol. The summed E-state index contributed by atoms with van der Waals surface area (Å²) in [6.07, 6.45) is 3.77. The molecule has 0 radical (unpaired) electrons. The minimum Gasteiger partial charge on any atom is -0.494 e. The normalized spacial score (nSPS) is 11.1. The van der Waals surface area contributed by atoms with Crippen molar-refractivity contribution < 1.29 is 4.74 Å². The second-order valence-electron chi connectivity index (χ2n) is 2.88. The standard InChI is InChI=1S/C12H15NO/c1-4-9(5-2)10-7-6-8-11(13)12(10)14-3/h4-8H,1,13H2,2-3H3/b9-5+. The zero-order valence-corrected chi connectivity index (χ0v) is 8.58. The maximum Gasteiger partial charge on any atom is 0.149 e. The first-order valence-corrected chi connectivity index (χ1v) is 4.46. The molecule has 0 aliphatic carbocycles. The van der Waals surface area contributed by atoms with Gasteiger partial charge in [0.15, 0.2) is 0 Å². The van der Waals surface area contributed by atoms with Crippen LogP contribution in [0.15, 0.2) is 36.9 Å². The second-order valence-corrected chi connectivity index (χ2v) is 2.88. The summed E-state index contributed by atoms with van der Waals surface area (Å²) in [6, 6.07) is 5.69. The molecule has 2 heteroatoms. The Morgan fingerprint density at radius 3 is 2.71 bits per heavy atom. The number of anilines is 1. The molecule has 14 heavy (non-hydrogen) atoms. The van der Waals surface area contributed by atoms with Gasteiger partial charge in [-0.2, -0.15) is 0 Å². The predicted molar refractivity (Wildman–Crippen MR) is 61.3 cm³/mol. The Labute approximate surface area is 84.7 Å². The summed E-state index contributed by atoms with van der Waals surface area (Å²) in [5, 5.41) is 0. The maximum atomic E-state index is 5.79. The van der Waals surface area contributed by atoms with Crippen molar-refractivity contribution in [1.29, 1.82) is 0 Å². The molecule has 0 saturated carbocycles. The fourth-order valence-electron chi connectivity index (χ4n) is 1.39. The van der Waals surface area contributed by atoms with Crippen molar-refractivity contribution in [3.8, 4) is 5.75 Å². The van der Waals surface area contributed by atoms with E-state index in [9.17, 15) is 0 Å². The van der Waals surface area contributed by atoms with Crippen molar-refractivity contribution in [2.24, 2.45) is 0 Å². The van der Waals surface area contributed by atoms with Crippen LogP contribution < -0.4 is 10.5 Å². The first-order chi connectivity index (χ1) is 6.74. The number of para-hydroxylation sites is 1. The summed E-state index contributed by atoms with van der Waals surface area (Å²) >= 11 is 0. The third-order valence-corrected chi connectivity index (χ3v) is 2.09. The molecule has 0 heterocycles. The Morgan fingerprint density at radius 2 is 2.21 bits per heavy atom. The van der Waals surface area contributed by atoms with Crippen molar-refractivity contribution in [1.82, 2.24) is 0 Å². The molecule has 0 amide bonds. The van der Waals surface area contributed by atoms with Crippen molar-refractivity contribution >= 4 is 11.3 Å². The van der Waals surface area contributed by atoms with Gasteiger partial charge in [0.25, 0.3) is 0 Å². The summed E-state index contributed by atoms with van der Waals surface area (Å²) in [4.78, 5) is 0. The van der Waals surface area contributed by atoms with Gasteiger partial charge in [-0.3, -0.25) is 0 Å². The number of rotatable bonds is 3. The Bertz CT molecular complexity index is 367. The zero-order chi connectivity index (χ0) is 10.6. The van der Waals surface area contributed by atoms with Crippen LogP contribution >= 0.6 is 0 Å². The molecule has 1 aromatic rings. The lowest BCUT2D eigenvalue weighted by molar-refractivity contribution is 0.416. The molecule has 0 aliphatic rings. The van der Waals surface area contributed by atoms with E-state index in [1.54, 1.807) is 13.2 Å². The van der Waals surface area contributed by atoms with Gasteiger partial charge in [0.1, 0.15) is 5.75 Å². The van der Waals surface area contributed by atoms with E-state index in [1.807, 2.05) is 31.2 Å². The molecule has 0 unspecified atom stereocenters.